The zero-order valence-corrected chi connectivity index (χ0v) is 21.3. The first kappa shape index (κ1) is 23.7. The zero-order valence-electron chi connectivity index (χ0n) is 21.3. The Bertz CT molecular complexity index is 1600. The Kier molecular flexibility index (Phi) is 5.26. The summed E-state index contributed by atoms with van der Waals surface area (Å²) in [6, 6.07) is 8.78. The third-order valence-electron chi connectivity index (χ3n) is 7.30. The lowest BCUT2D eigenvalue weighted by atomic mass is 9.79. The number of anilines is 2. The maximum Gasteiger partial charge on any atom is 0.278 e. The summed E-state index contributed by atoms with van der Waals surface area (Å²) in [5.74, 6) is 0.0678. The topological polar surface area (TPSA) is 110 Å². The minimum atomic E-state index is -1.26. The van der Waals surface area contributed by atoms with Gasteiger partial charge in [0.1, 0.15) is 22.5 Å². The van der Waals surface area contributed by atoms with Gasteiger partial charge < -0.3 is 15.7 Å². The van der Waals surface area contributed by atoms with Gasteiger partial charge in [-0.05, 0) is 62.1 Å². The molecule has 4 heterocycles. The molecule has 10 heteroatoms. The minimum absolute atomic E-state index is 0.00685. The van der Waals surface area contributed by atoms with Crippen LogP contribution in [0.3, 0.4) is 0 Å². The Labute approximate surface area is 213 Å². The van der Waals surface area contributed by atoms with Crippen molar-refractivity contribution < 1.29 is 9.50 Å². The molecule has 0 radical (unpaired) electrons. The Morgan fingerprint density at radius 1 is 1.16 bits per heavy atom. The predicted octanol–water partition coefficient (Wildman–Crippen LogP) is 3.80. The molecule has 3 N–H and O–H groups in total. The van der Waals surface area contributed by atoms with Crippen LogP contribution in [0.15, 0.2) is 41.3 Å². The monoisotopic (exact) mass is 503 g/mol. The van der Waals surface area contributed by atoms with E-state index in [9.17, 15) is 14.3 Å². The fourth-order valence-corrected chi connectivity index (χ4v) is 5.19. The first-order valence-corrected chi connectivity index (χ1v) is 12.6. The number of aromatic nitrogens is 5. The van der Waals surface area contributed by atoms with Gasteiger partial charge in [-0.1, -0.05) is 19.9 Å². The molecule has 1 fully saturated rings. The number of hydrogen-bond donors (Lipinski definition) is 3. The molecule has 37 heavy (non-hydrogen) atoms. The van der Waals surface area contributed by atoms with E-state index in [-0.39, 0.29) is 22.7 Å². The fraction of sp³-hybridized carbons (Fsp3) is 0.407. The highest BCUT2D eigenvalue weighted by Gasteiger charge is 2.46. The van der Waals surface area contributed by atoms with Gasteiger partial charge in [0.25, 0.3) is 5.56 Å². The molecule has 1 aliphatic carbocycles. The molecule has 1 aliphatic heterocycles. The van der Waals surface area contributed by atoms with E-state index in [2.05, 4.69) is 51.6 Å². The zero-order chi connectivity index (χ0) is 26.1. The van der Waals surface area contributed by atoms with Crippen molar-refractivity contribution in [1.82, 2.24) is 29.6 Å². The van der Waals surface area contributed by atoms with E-state index in [1.807, 2.05) is 19.9 Å². The average molecular weight is 504 g/mol. The van der Waals surface area contributed by atoms with Gasteiger partial charge in [0.15, 0.2) is 11.5 Å². The molecule has 1 aromatic carbocycles. The maximum absolute atomic E-state index is 14.5. The first-order valence-electron chi connectivity index (χ1n) is 12.6. The van der Waals surface area contributed by atoms with Crippen LogP contribution in [0.5, 0.6) is 0 Å². The molecule has 0 amide bonds. The van der Waals surface area contributed by atoms with E-state index in [0.717, 1.165) is 18.8 Å². The van der Waals surface area contributed by atoms with Crippen molar-refractivity contribution in [1.29, 1.82) is 0 Å². The van der Waals surface area contributed by atoms with E-state index in [4.69, 9.17) is 0 Å². The van der Waals surface area contributed by atoms with Crippen molar-refractivity contribution in [3.05, 3.63) is 69.5 Å². The third kappa shape index (κ3) is 3.91. The second-order valence-electron chi connectivity index (χ2n) is 11.0. The second-order valence-corrected chi connectivity index (χ2v) is 11.0. The Morgan fingerprint density at radius 3 is 2.68 bits per heavy atom. The highest BCUT2D eigenvalue weighted by molar-refractivity contribution is 5.77. The Morgan fingerprint density at radius 2 is 1.95 bits per heavy atom. The molecule has 2 aliphatic rings. The van der Waals surface area contributed by atoms with Crippen LogP contribution in [0.2, 0.25) is 0 Å². The highest BCUT2D eigenvalue weighted by Crippen LogP contribution is 2.45. The summed E-state index contributed by atoms with van der Waals surface area (Å²) < 4.78 is 17.6. The van der Waals surface area contributed by atoms with Crippen molar-refractivity contribution >= 4 is 22.7 Å². The number of benzene rings is 1. The molecule has 0 bridgehead atoms. The number of halogens is 1. The Balaban J connectivity index is 1.46. The second kappa shape index (κ2) is 8.19. The van der Waals surface area contributed by atoms with Crippen molar-refractivity contribution in [3.63, 3.8) is 0 Å². The summed E-state index contributed by atoms with van der Waals surface area (Å²) in [4.78, 5) is 26.8. The molecule has 0 spiro atoms. The van der Waals surface area contributed by atoms with Crippen molar-refractivity contribution in [2.24, 2.45) is 0 Å². The number of pyridine rings is 1. The van der Waals surface area contributed by atoms with Gasteiger partial charge in [0, 0.05) is 36.4 Å². The SMILES string of the molecule is CC(C)n1c(=O)c2cnc(Nc3ccc4c(c3)CNCC4(C)C)nc2n1-c1ccc(F)c(C2(O)CC2)n1. The van der Waals surface area contributed by atoms with Gasteiger partial charge >= 0.3 is 0 Å². The van der Waals surface area contributed by atoms with Gasteiger partial charge in [-0.3, -0.25) is 4.79 Å². The normalized spacial score (nSPS) is 17.7. The molecule has 3 aromatic heterocycles. The van der Waals surface area contributed by atoms with Gasteiger partial charge in [-0.2, -0.15) is 4.98 Å². The number of fused-ring (bicyclic) bond motifs is 2. The smallest absolute Gasteiger partial charge is 0.278 e. The summed E-state index contributed by atoms with van der Waals surface area (Å²) in [6.45, 7) is 9.91. The largest absolute Gasteiger partial charge is 0.383 e. The number of rotatable bonds is 5. The van der Waals surface area contributed by atoms with E-state index in [1.54, 1.807) is 4.68 Å². The molecular weight excluding hydrogens is 473 g/mol. The van der Waals surface area contributed by atoms with Crippen LogP contribution in [-0.4, -0.2) is 36.0 Å². The lowest BCUT2D eigenvalue weighted by molar-refractivity contribution is 0.141. The van der Waals surface area contributed by atoms with Crippen molar-refractivity contribution in [3.8, 4) is 5.82 Å². The van der Waals surface area contributed by atoms with Gasteiger partial charge in [-0.15, -0.1) is 0 Å². The van der Waals surface area contributed by atoms with Crippen molar-refractivity contribution in [2.45, 2.75) is 64.1 Å². The van der Waals surface area contributed by atoms with Gasteiger partial charge in [0.2, 0.25) is 5.95 Å². The van der Waals surface area contributed by atoms with E-state index in [0.29, 0.717) is 35.6 Å². The third-order valence-corrected chi connectivity index (χ3v) is 7.30. The molecule has 4 aromatic rings. The van der Waals surface area contributed by atoms with E-state index >= 15 is 0 Å². The van der Waals surface area contributed by atoms with Crippen LogP contribution >= 0.6 is 0 Å². The van der Waals surface area contributed by atoms with Crippen LogP contribution in [0.25, 0.3) is 16.9 Å². The number of hydrogen-bond acceptors (Lipinski definition) is 7. The van der Waals surface area contributed by atoms with Crippen molar-refractivity contribution in [2.75, 3.05) is 11.9 Å². The maximum atomic E-state index is 14.5. The summed E-state index contributed by atoms with van der Waals surface area (Å²) in [5, 5.41) is 17.6. The fourth-order valence-electron chi connectivity index (χ4n) is 5.19. The molecule has 9 nitrogen and oxygen atoms in total. The number of aliphatic hydroxyl groups is 1. The quantitative estimate of drug-likeness (QED) is 0.380. The average Bonchev–Trinajstić information content (AvgIpc) is 3.53. The molecule has 0 unspecified atom stereocenters. The summed E-state index contributed by atoms with van der Waals surface area (Å²) in [7, 11) is 0. The molecule has 0 saturated heterocycles. The standard InChI is InChI=1S/C27H30FN7O2/c1-15(2)34-24(36)18-13-30-25(31-17-5-6-19-16(11-17)12-29-14-26(19,3)4)33-23(18)35(34)21-8-7-20(28)22(32-21)27(37)9-10-27/h5-8,11,13,15,29,37H,9-10,12,14H2,1-4H3,(H,30,31,33). The van der Waals surface area contributed by atoms with Crippen LogP contribution in [0.4, 0.5) is 16.0 Å². The highest BCUT2D eigenvalue weighted by atomic mass is 19.1. The van der Waals surface area contributed by atoms with E-state index < -0.39 is 11.4 Å². The molecule has 0 atom stereocenters. The van der Waals surface area contributed by atoms with Gasteiger partial charge in [-0.25, -0.2) is 23.7 Å². The summed E-state index contributed by atoms with van der Waals surface area (Å²) in [5.41, 5.74) is 2.23. The molecular formula is C27H30FN7O2. The lowest BCUT2D eigenvalue weighted by Crippen LogP contribution is -2.38. The molecule has 6 rings (SSSR count). The van der Waals surface area contributed by atoms with Crippen LogP contribution in [-0.2, 0) is 17.6 Å². The van der Waals surface area contributed by atoms with Crippen LogP contribution in [0, 0.1) is 5.82 Å². The summed E-state index contributed by atoms with van der Waals surface area (Å²) >= 11 is 0. The lowest BCUT2D eigenvalue weighted by Gasteiger charge is -2.33. The first-order chi connectivity index (χ1) is 17.6. The van der Waals surface area contributed by atoms with Crippen LogP contribution < -0.4 is 16.2 Å². The Hall–Kier alpha value is -3.63. The molecule has 1 saturated carbocycles. The van der Waals surface area contributed by atoms with Crippen LogP contribution in [0.1, 0.15) is 63.4 Å². The summed E-state index contributed by atoms with van der Waals surface area (Å²) in [6.07, 6.45) is 2.41. The molecule has 192 valence electrons. The predicted molar refractivity (Wildman–Crippen MR) is 139 cm³/mol. The number of nitrogens with zero attached hydrogens (tertiary/aromatic N) is 5. The van der Waals surface area contributed by atoms with E-state index in [1.165, 1.54) is 34.1 Å². The minimum Gasteiger partial charge on any atom is -0.383 e. The van der Waals surface area contributed by atoms with Gasteiger partial charge in [0.05, 0.1) is 0 Å². The number of nitrogens with one attached hydrogen (secondary N) is 2.